The Morgan fingerprint density at radius 3 is 2.57 bits per heavy atom. The summed E-state index contributed by atoms with van der Waals surface area (Å²) in [5, 5.41) is 0.587. The van der Waals surface area contributed by atoms with E-state index >= 15 is 0 Å². The number of imidazole rings is 1. The highest BCUT2D eigenvalue weighted by atomic mass is 35.5. The lowest BCUT2D eigenvalue weighted by Crippen LogP contribution is -2.27. The number of para-hydroxylation sites is 2. The van der Waals surface area contributed by atoms with Crippen molar-refractivity contribution in [3.8, 4) is 0 Å². The van der Waals surface area contributed by atoms with E-state index in [1.807, 2.05) is 24.3 Å². The number of rotatable bonds is 6. The van der Waals surface area contributed by atoms with Gasteiger partial charge in [-0.1, -0.05) is 35.9 Å². The van der Waals surface area contributed by atoms with Crippen LogP contribution < -0.4 is 4.72 Å². The van der Waals surface area contributed by atoms with Crippen molar-refractivity contribution in [1.82, 2.24) is 14.7 Å². The molecule has 5 nitrogen and oxygen atoms in total. The number of hydrogen-bond acceptors (Lipinski definition) is 3. The smallest absolute Gasteiger partial charge is 0.215 e. The minimum Gasteiger partial charge on any atom is -0.342 e. The lowest BCUT2D eigenvalue weighted by Gasteiger charge is -2.06. The van der Waals surface area contributed by atoms with Crippen molar-refractivity contribution in [3.05, 3.63) is 64.9 Å². The minimum atomic E-state index is -3.38. The molecule has 120 valence electrons. The largest absolute Gasteiger partial charge is 0.342 e. The zero-order chi connectivity index (χ0) is 16.3. The predicted octanol–water partition coefficient (Wildman–Crippen LogP) is 2.88. The van der Waals surface area contributed by atoms with E-state index in [4.69, 9.17) is 11.6 Å². The summed E-state index contributed by atoms with van der Waals surface area (Å²) in [5.74, 6) is 0.699. The van der Waals surface area contributed by atoms with Crippen LogP contribution in [0.25, 0.3) is 11.0 Å². The van der Waals surface area contributed by atoms with E-state index in [0.717, 1.165) is 16.9 Å². The molecule has 3 aromatic rings. The molecule has 1 aromatic heterocycles. The van der Waals surface area contributed by atoms with Crippen LogP contribution in [-0.2, 0) is 22.2 Å². The van der Waals surface area contributed by atoms with Gasteiger partial charge in [-0.3, -0.25) is 0 Å². The molecule has 2 aromatic carbocycles. The molecule has 0 aliphatic carbocycles. The molecular weight excluding hydrogens is 334 g/mol. The van der Waals surface area contributed by atoms with Crippen molar-refractivity contribution in [2.24, 2.45) is 0 Å². The van der Waals surface area contributed by atoms with Gasteiger partial charge in [0.25, 0.3) is 0 Å². The highest BCUT2D eigenvalue weighted by Crippen LogP contribution is 2.12. The molecule has 0 spiro atoms. The molecule has 0 fully saturated rings. The fraction of sp³-hybridized carbons (Fsp3) is 0.188. The Balaban J connectivity index is 1.57. The number of aromatic nitrogens is 2. The molecule has 0 aliphatic heterocycles. The van der Waals surface area contributed by atoms with Crippen LogP contribution in [0, 0.1) is 0 Å². The van der Waals surface area contributed by atoms with E-state index in [1.165, 1.54) is 0 Å². The molecule has 0 unspecified atom stereocenters. The van der Waals surface area contributed by atoms with Crippen LogP contribution in [0.3, 0.4) is 0 Å². The first-order chi connectivity index (χ1) is 11.0. The minimum absolute atomic E-state index is 0.0652. The second-order valence-corrected chi connectivity index (χ2v) is 7.47. The summed E-state index contributed by atoms with van der Waals surface area (Å²) in [6.07, 6.45) is 0.508. The van der Waals surface area contributed by atoms with E-state index < -0.39 is 10.0 Å². The Morgan fingerprint density at radius 1 is 1.09 bits per heavy atom. The molecule has 0 atom stereocenters. The standard InChI is InChI=1S/C16H16ClN3O2S/c17-13-7-5-12(6-8-13)11-23(21,22)18-10-9-16-19-14-3-1-2-4-15(14)20-16/h1-8,18H,9-11H2,(H,19,20). The SMILES string of the molecule is O=S(=O)(Cc1ccc(Cl)cc1)NCCc1nc2ccccc2[nH]1. The maximum Gasteiger partial charge on any atom is 0.215 e. The van der Waals surface area contributed by atoms with E-state index in [1.54, 1.807) is 24.3 Å². The molecule has 0 saturated carbocycles. The number of sulfonamides is 1. The first kappa shape index (κ1) is 16.0. The average Bonchev–Trinajstić information content (AvgIpc) is 2.92. The van der Waals surface area contributed by atoms with Crippen molar-refractivity contribution in [3.63, 3.8) is 0 Å². The summed E-state index contributed by atoms with van der Waals surface area (Å²) >= 11 is 5.79. The number of halogens is 1. The van der Waals surface area contributed by atoms with Crippen LogP contribution in [0.4, 0.5) is 0 Å². The fourth-order valence-corrected chi connectivity index (χ4v) is 3.57. The van der Waals surface area contributed by atoms with Gasteiger partial charge in [0.15, 0.2) is 0 Å². The summed E-state index contributed by atoms with van der Waals surface area (Å²) in [5.41, 5.74) is 2.53. The Kier molecular flexibility index (Phi) is 4.66. The average molecular weight is 350 g/mol. The molecule has 3 rings (SSSR count). The van der Waals surface area contributed by atoms with E-state index in [9.17, 15) is 8.42 Å². The van der Waals surface area contributed by atoms with Crippen molar-refractivity contribution < 1.29 is 8.42 Å². The Hall–Kier alpha value is -1.89. The second kappa shape index (κ2) is 6.70. The molecule has 2 N–H and O–H groups in total. The number of aromatic amines is 1. The third-order valence-corrected chi connectivity index (χ3v) is 5.00. The van der Waals surface area contributed by atoms with Gasteiger partial charge < -0.3 is 4.98 Å². The monoisotopic (exact) mass is 349 g/mol. The first-order valence-electron chi connectivity index (χ1n) is 7.17. The van der Waals surface area contributed by atoms with Crippen molar-refractivity contribution in [1.29, 1.82) is 0 Å². The van der Waals surface area contributed by atoms with Crippen molar-refractivity contribution in [2.45, 2.75) is 12.2 Å². The molecule has 0 saturated heterocycles. The number of H-pyrrole nitrogens is 1. The third-order valence-electron chi connectivity index (χ3n) is 3.39. The number of nitrogens with zero attached hydrogens (tertiary/aromatic N) is 1. The van der Waals surface area contributed by atoms with Gasteiger partial charge in [0.2, 0.25) is 10.0 Å². The van der Waals surface area contributed by atoms with Gasteiger partial charge in [-0.05, 0) is 29.8 Å². The lowest BCUT2D eigenvalue weighted by atomic mass is 10.2. The maximum atomic E-state index is 12.1. The quantitative estimate of drug-likeness (QED) is 0.718. The Bertz CT molecular complexity index is 871. The fourth-order valence-electron chi connectivity index (χ4n) is 2.30. The number of benzene rings is 2. The van der Waals surface area contributed by atoms with Gasteiger partial charge in [-0.25, -0.2) is 18.1 Å². The maximum absolute atomic E-state index is 12.1. The van der Waals surface area contributed by atoms with Gasteiger partial charge >= 0.3 is 0 Å². The molecular formula is C16H16ClN3O2S. The highest BCUT2D eigenvalue weighted by molar-refractivity contribution is 7.88. The Labute approximate surface area is 139 Å². The van der Waals surface area contributed by atoms with Crippen LogP contribution in [-0.4, -0.2) is 24.9 Å². The van der Waals surface area contributed by atoms with E-state index in [2.05, 4.69) is 14.7 Å². The van der Waals surface area contributed by atoms with E-state index in [0.29, 0.717) is 23.6 Å². The number of fused-ring (bicyclic) bond motifs is 1. The van der Waals surface area contributed by atoms with E-state index in [-0.39, 0.29) is 5.75 Å². The van der Waals surface area contributed by atoms with Crippen LogP contribution in [0.5, 0.6) is 0 Å². The van der Waals surface area contributed by atoms with Crippen LogP contribution in [0.1, 0.15) is 11.4 Å². The van der Waals surface area contributed by atoms with Crippen molar-refractivity contribution in [2.75, 3.05) is 6.54 Å². The molecule has 0 aliphatic rings. The van der Waals surface area contributed by atoms with Gasteiger partial charge in [-0.2, -0.15) is 0 Å². The van der Waals surface area contributed by atoms with Crippen LogP contribution in [0.15, 0.2) is 48.5 Å². The first-order valence-corrected chi connectivity index (χ1v) is 9.20. The summed E-state index contributed by atoms with van der Waals surface area (Å²) in [4.78, 5) is 7.60. The zero-order valence-corrected chi connectivity index (χ0v) is 13.9. The zero-order valence-electron chi connectivity index (χ0n) is 12.3. The summed E-state index contributed by atoms with van der Waals surface area (Å²) in [6.45, 7) is 0.301. The predicted molar refractivity (Wildman–Crippen MR) is 91.9 cm³/mol. The molecule has 0 amide bonds. The summed E-state index contributed by atoms with van der Waals surface area (Å²) in [7, 11) is -3.38. The van der Waals surface area contributed by atoms with Crippen LogP contribution >= 0.6 is 11.6 Å². The second-order valence-electron chi connectivity index (χ2n) is 5.23. The Morgan fingerprint density at radius 2 is 1.83 bits per heavy atom. The molecule has 0 bridgehead atoms. The van der Waals surface area contributed by atoms with Gasteiger partial charge in [-0.15, -0.1) is 0 Å². The number of nitrogens with one attached hydrogen (secondary N) is 2. The third kappa shape index (κ3) is 4.31. The molecule has 1 heterocycles. The normalized spacial score (nSPS) is 11.9. The molecule has 7 heteroatoms. The number of hydrogen-bond donors (Lipinski definition) is 2. The topological polar surface area (TPSA) is 74.8 Å². The van der Waals surface area contributed by atoms with Crippen molar-refractivity contribution >= 4 is 32.7 Å². The van der Waals surface area contributed by atoms with Gasteiger partial charge in [0.05, 0.1) is 16.8 Å². The van der Waals surface area contributed by atoms with Gasteiger partial charge in [0, 0.05) is 18.0 Å². The van der Waals surface area contributed by atoms with Gasteiger partial charge in [0.1, 0.15) is 5.82 Å². The molecule has 23 heavy (non-hydrogen) atoms. The summed E-state index contributed by atoms with van der Waals surface area (Å²) < 4.78 is 26.7. The summed E-state index contributed by atoms with van der Waals surface area (Å²) in [6, 6.07) is 14.5. The highest BCUT2D eigenvalue weighted by Gasteiger charge is 2.11. The molecule has 0 radical (unpaired) electrons. The van der Waals surface area contributed by atoms with Crippen LogP contribution in [0.2, 0.25) is 5.02 Å². The lowest BCUT2D eigenvalue weighted by molar-refractivity contribution is 0.580.